The minimum absolute atomic E-state index is 0.0476. The summed E-state index contributed by atoms with van der Waals surface area (Å²) in [5.41, 5.74) is 6.23. The van der Waals surface area contributed by atoms with Crippen LogP contribution in [0.4, 0.5) is 0 Å². The van der Waals surface area contributed by atoms with Crippen molar-refractivity contribution in [3.05, 3.63) is 66.4 Å². The zero-order chi connectivity index (χ0) is 26.1. The maximum Gasteiger partial charge on any atom is 0.240 e. The van der Waals surface area contributed by atoms with Crippen LogP contribution in [0, 0.1) is 0 Å². The summed E-state index contributed by atoms with van der Waals surface area (Å²) in [7, 11) is 0. The molecule has 0 saturated carbocycles. The van der Waals surface area contributed by atoms with Gasteiger partial charge >= 0.3 is 0 Å². The highest BCUT2D eigenvalue weighted by Gasteiger charge is 2.12. The molecule has 3 aromatic rings. The smallest absolute Gasteiger partial charge is 0.240 e. The van der Waals surface area contributed by atoms with Crippen molar-refractivity contribution < 1.29 is 9.53 Å². The van der Waals surface area contributed by atoms with Crippen LogP contribution in [0.25, 0.3) is 16.9 Å². The molecule has 0 saturated heterocycles. The molecule has 0 spiro atoms. The normalized spacial score (nSPS) is 11.2. The molecule has 0 aliphatic heterocycles. The lowest BCUT2D eigenvalue weighted by Crippen LogP contribution is -2.16. The molecule has 0 aliphatic carbocycles. The van der Waals surface area contributed by atoms with Crippen molar-refractivity contribution in [1.29, 1.82) is 0 Å². The highest BCUT2D eigenvalue weighted by atomic mass is 16.5. The van der Waals surface area contributed by atoms with E-state index in [1.54, 1.807) is 6.21 Å². The van der Waals surface area contributed by atoms with Gasteiger partial charge in [-0.15, -0.1) is 0 Å². The molecular weight excluding hydrogens is 460 g/mol. The van der Waals surface area contributed by atoms with Crippen molar-refractivity contribution in [1.82, 2.24) is 15.2 Å². The molecule has 6 heteroatoms. The van der Waals surface area contributed by atoms with Crippen LogP contribution in [0.5, 0.6) is 5.75 Å². The fourth-order valence-electron chi connectivity index (χ4n) is 4.17. The second-order valence-electron chi connectivity index (χ2n) is 9.46. The van der Waals surface area contributed by atoms with Gasteiger partial charge in [0, 0.05) is 23.7 Å². The van der Waals surface area contributed by atoms with E-state index >= 15 is 0 Å². The van der Waals surface area contributed by atoms with E-state index < -0.39 is 0 Å². The Bertz CT molecular complexity index is 1070. The predicted molar refractivity (Wildman–Crippen MR) is 152 cm³/mol. The molecule has 1 aromatic heterocycles. The first-order valence-electron chi connectivity index (χ1n) is 13.9. The maximum absolute atomic E-state index is 12.3. The zero-order valence-corrected chi connectivity index (χ0v) is 22.5. The number of hydrazone groups is 1. The average Bonchev–Trinajstić information content (AvgIpc) is 3.36. The van der Waals surface area contributed by atoms with Crippen LogP contribution in [-0.2, 0) is 4.79 Å². The predicted octanol–water partition coefficient (Wildman–Crippen LogP) is 7.70. The first-order chi connectivity index (χ1) is 18.2. The van der Waals surface area contributed by atoms with Gasteiger partial charge in [-0.25, -0.2) is 10.1 Å². The lowest BCUT2D eigenvalue weighted by molar-refractivity contribution is -0.121. The molecule has 0 radical (unpaired) electrons. The fraction of sp³-hybridized carbons (Fsp3) is 0.452. The summed E-state index contributed by atoms with van der Waals surface area (Å²) < 4.78 is 7.55. The second kappa shape index (κ2) is 16.4. The van der Waals surface area contributed by atoms with Crippen molar-refractivity contribution in [3.8, 4) is 22.7 Å². The third-order valence-corrected chi connectivity index (χ3v) is 6.26. The summed E-state index contributed by atoms with van der Waals surface area (Å²) in [5, 5.41) is 9.06. The molecule has 0 bridgehead atoms. The zero-order valence-electron chi connectivity index (χ0n) is 22.5. The first-order valence-corrected chi connectivity index (χ1v) is 13.9. The standard InChI is InChI=1S/C31H42N4O2/c1-3-5-6-7-8-9-10-11-15-18-30(36)33-32-24-27-25-35(28-16-13-12-14-17-28)34-31(27)26-19-21-29(22-20-26)37-23-4-2/h12-14,16-17,19-22,24-25H,3-11,15,18,23H2,1-2H3,(H,33,36)/b32-24-. The Labute approximate surface area is 222 Å². The third-order valence-electron chi connectivity index (χ3n) is 6.26. The number of ether oxygens (including phenoxy) is 1. The molecule has 0 atom stereocenters. The van der Waals surface area contributed by atoms with E-state index in [2.05, 4.69) is 24.4 Å². The molecule has 198 valence electrons. The number of para-hydroxylation sites is 1. The topological polar surface area (TPSA) is 68.5 Å². The summed E-state index contributed by atoms with van der Waals surface area (Å²) in [4.78, 5) is 12.3. The Kier molecular flexibility index (Phi) is 12.5. The molecule has 37 heavy (non-hydrogen) atoms. The van der Waals surface area contributed by atoms with E-state index in [4.69, 9.17) is 9.84 Å². The van der Waals surface area contributed by atoms with E-state index in [9.17, 15) is 4.79 Å². The largest absolute Gasteiger partial charge is 0.494 e. The van der Waals surface area contributed by atoms with Gasteiger partial charge in [0.15, 0.2) is 0 Å². The Morgan fingerprint density at radius 2 is 1.57 bits per heavy atom. The van der Waals surface area contributed by atoms with Crippen molar-refractivity contribution in [3.63, 3.8) is 0 Å². The fourth-order valence-corrected chi connectivity index (χ4v) is 4.17. The number of aromatic nitrogens is 2. The molecule has 0 unspecified atom stereocenters. The van der Waals surface area contributed by atoms with Gasteiger partial charge in [0.1, 0.15) is 11.4 Å². The number of unbranched alkanes of at least 4 members (excludes halogenated alkanes) is 8. The third kappa shape index (κ3) is 9.87. The monoisotopic (exact) mass is 502 g/mol. The summed E-state index contributed by atoms with van der Waals surface area (Å²) in [6.45, 7) is 5.03. The molecule has 2 aromatic carbocycles. The number of carbonyl (C=O) groups is 1. The average molecular weight is 503 g/mol. The lowest BCUT2D eigenvalue weighted by atomic mass is 10.1. The van der Waals surface area contributed by atoms with Gasteiger partial charge in [-0.1, -0.05) is 83.4 Å². The number of rotatable bonds is 17. The molecule has 1 amide bonds. The minimum atomic E-state index is -0.0476. The number of hydrogen-bond acceptors (Lipinski definition) is 4. The number of nitrogens with zero attached hydrogens (tertiary/aromatic N) is 3. The Hall–Kier alpha value is -3.41. The van der Waals surface area contributed by atoms with Crippen LogP contribution in [0.3, 0.4) is 0 Å². The number of amides is 1. The quantitative estimate of drug-likeness (QED) is 0.117. The SMILES string of the molecule is CCCCCCCCCCCC(=O)N/N=C\c1cn(-c2ccccc2)nc1-c1ccc(OCCC)cc1. The van der Waals surface area contributed by atoms with Crippen LogP contribution in [0.15, 0.2) is 65.9 Å². The van der Waals surface area contributed by atoms with Crippen molar-refractivity contribution in [2.45, 2.75) is 84.5 Å². The van der Waals surface area contributed by atoms with E-state index in [1.165, 1.54) is 44.9 Å². The summed E-state index contributed by atoms with van der Waals surface area (Å²) in [6.07, 6.45) is 16.2. The van der Waals surface area contributed by atoms with Crippen LogP contribution in [0.2, 0.25) is 0 Å². The Morgan fingerprint density at radius 1 is 0.892 bits per heavy atom. The highest BCUT2D eigenvalue weighted by molar-refractivity contribution is 5.89. The second-order valence-corrected chi connectivity index (χ2v) is 9.46. The number of nitrogens with one attached hydrogen (secondary N) is 1. The Morgan fingerprint density at radius 3 is 2.24 bits per heavy atom. The number of hydrogen-bond donors (Lipinski definition) is 1. The molecule has 3 rings (SSSR count). The van der Waals surface area contributed by atoms with Crippen LogP contribution in [-0.4, -0.2) is 28.5 Å². The van der Waals surface area contributed by atoms with Crippen molar-refractivity contribution in [2.75, 3.05) is 6.61 Å². The van der Waals surface area contributed by atoms with E-state index in [1.807, 2.05) is 65.5 Å². The molecule has 6 nitrogen and oxygen atoms in total. The van der Waals surface area contributed by atoms with Gasteiger partial charge < -0.3 is 4.74 Å². The van der Waals surface area contributed by atoms with Crippen LogP contribution >= 0.6 is 0 Å². The van der Waals surface area contributed by atoms with Gasteiger partial charge in [-0.2, -0.15) is 10.2 Å². The van der Waals surface area contributed by atoms with E-state index in [-0.39, 0.29) is 5.91 Å². The van der Waals surface area contributed by atoms with Crippen LogP contribution in [0.1, 0.15) is 90.0 Å². The van der Waals surface area contributed by atoms with Crippen LogP contribution < -0.4 is 10.2 Å². The van der Waals surface area contributed by atoms with Crippen molar-refractivity contribution in [2.24, 2.45) is 5.10 Å². The number of benzene rings is 2. The van der Waals surface area contributed by atoms with Gasteiger partial charge in [0.2, 0.25) is 5.91 Å². The first kappa shape index (κ1) is 28.2. The summed E-state index contributed by atoms with van der Waals surface area (Å²) in [5.74, 6) is 0.792. The van der Waals surface area contributed by atoms with Crippen molar-refractivity contribution >= 4 is 12.1 Å². The van der Waals surface area contributed by atoms with Gasteiger partial charge in [-0.3, -0.25) is 4.79 Å². The van der Waals surface area contributed by atoms with Gasteiger partial charge in [-0.05, 0) is 49.2 Å². The highest BCUT2D eigenvalue weighted by Crippen LogP contribution is 2.25. The Balaban J connectivity index is 1.56. The van der Waals surface area contributed by atoms with E-state index in [0.717, 1.165) is 47.5 Å². The molecular formula is C31H42N4O2. The molecule has 0 aliphatic rings. The lowest BCUT2D eigenvalue weighted by Gasteiger charge is -2.05. The molecule has 1 N–H and O–H groups in total. The summed E-state index contributed by atoms with van der Waals surface area (Å²) in [6, 6.07) is 17.9. The summed E-state index contributed by atoms with van der Waals surface area (Å²) >= 11 is 0. The maximum atomic E-state index is 12.3. The minimum Gasteiger partial charge on any atom is -0.494 e. The van der Waals surface area contributed by atoms with Gasteiger partial charge in [0.25, 0.3) is 0 Å². The number of carbonyl (C=O) groups excluding carboxylic acids is 1. The van der Waals surface area contributed by atoms with E-state index in [0.29, 0.717) is 13.0 Å². The molecule has 0 fully saturated rings. The van der Waals surface area contributed by atoms with Gasteiger partial charge in [0.05, 0.1) is 18.5 Å². The molecule has 1 heterocycles.